The molecule has 0 aromatic rings. The van der Waals surface area contributed by atoms with Gasteiger partial charge in [-0.2, -0.15) is 0 Å². The van der Waals surface area contributed by atoms with E-state index in [0.717, 1.165) is 63.7 Å². The molecule has 6 aliphatic rings. The summed E-state index contributed by atoms with van der Waals surface area (Å²) in [7, 11) is 0. The average Bonchev–Trinajstić information content (AvgIpc) is 2.99. The molecule has 29 heavy (non-hydrogen) atoms. The van der Waals surface area contributed by atoms with E-state index in [9.17, 15) is 0 Å². The fourth-order valence-corrected chi connectivity index (χ4v) is 7.38. The van der Waals surface area contributed by atoms with Gasteiger partial charge in [0.25, 0.3) is 0 Å². The van der Waals surface area contributed by atoms with Crippen LogP contribution in [0.5, 0.6) is 0 Å². The molecular formula is C24H42N2O3. The van der Waals surface area contributed by atoms with Crippen LogP contribution >= 0.6 is 0 Å². The monoisotopic (exact) mass is 406 g/mol. The summed E-state index contributed by atoms with van der Waals surface area (Å²) in [5.74, 6) is 2.48. The molecule has 1 N–H and O–H groups in total. The Labute approximate surface area is 177 Å². The number of hydrogen-bond donors (Lipinski definition) is 1. The molecule has 1 spiro atoms. The fraction of sp³-hybridized carbons (Fsp3) is 1.00. The molecule has 6 rings (SSSR count). The van der Waals surface area contributed by atoms with Crippen molar-refractivity contribution in [2.75, 3.05) is 39.5 Å². The van der Waals surface area contributed by atoms with Crippen LogP contribution in [0.4, 0.5) is 0 Å². The lowest BCUT2D eigenvalue weighted by Crippen LogP contribution is -2.63. The topological polar surface area (TPSA) is 43.0 Å². The van der Waals surface area contributed by atoms with Crippen LogP contribution in [0.15, 0.2) is 0 Å². The number of rotatable bonds is 0. The second-order valence-corrected chi connectivity index (χ2v) is 10.8. The maximum absolute atomic E-state index is 6.66. The predicted octanol–water partition coefficient (Wildman–Crippen LogP) is 3.22. The molecule has 5 heteroatoms. The Bertz CT molecular complexity index is 544. The molecule has 0 aromatic carbocycles. The van der Waals surface area contributed by atoms with Crippen molar-refractivity contribution in [3.05, 3.63) is 0 Å². The van der Waals surface area contributed by atoms with E-state index in [0.29, 0.717) is 24.3 Å². The summed E-state index contributed by atoms with van der Waals surface area (Å²) in [5, 5.41) is 3.85. The highest BCUT2D eigenvalue weighted by molar-refractivity contribution is 5.10. The molecule has 2 bridgehead atoms. The van der Waals surface area contributed by atoms with E-state index in [1.165, 1.54) is 44.9 Å². The number of morpholine rings is 1. The molecule has 4 aliphatic heterocycles. The first-order valence-corrected chi connectivity index (χ1v) is 12.5. The average molecular weight is 407 g/mol. The highest BCUT2D eigenvalue weighted by atomic mass is 16.5. The highest BCUT2D eigenvalue weighted by Crippen LogP contribution is 2.43. The zero-order chi connectivity index (χ0) is 19.8. The lowest BCUT2D eigenvalue weighted by Gasteiger charge is -2.42. The second kappa shape index (κ2) is 8.74. The maximum Gasteiger partial charge on any atom is 0.0665 e. The number of ether oxygens (including phenoxy) is 3. The third kappa shape index (κ3) is 4.15. The van der Waals surface area contributed by atoms with Crippen LogP contribution in [0.1, 0.15) is 65.2 Å². The Morgan fingerprint density at radius 3 is 2.62 bits per heavy atom. The van der Waals surface area contributed by atoms with Crippen molar-refractivity contribution in [1.29, 1.82) is 0 Å². The van der Waals surface area contributed by atoms with Gasteiger partial charge in [-0.25, -0.2) is 0 Å². The lowest BCUT2D eigenvalue weighted by molar-refractivity contribution is -0.0568. The minimum Gasteiger partial charge on any atom is -0.378 e. The van der Waals surface area contributed by atoms with Crippen molar-refractivity contribution >= 4 is 0 Å². The van der Waals surface area contributed by atoms with Crippen LogP contribution in [0, 0.1) is 17.8 Å². The molecule has 166 valence electrons. The minimum absolute atomic E-state index is 0.0534. The summed E-state index contributed by atoms with van der Waals surface area (Å²) < 4.78 is 19.2. The summed E-state index contributed by atoms with van der Waals surface area (Å²) in [6, 6.07) is 0.937. The molecule has 4 saturated heterocycles. The summed E-state index contributed by atoms with van der Waals surface area (Å²) >= 11 is 0. The van der Waals surface area contributed by atoms with E-state index in [1.807, 2.05) is 0 Å². The predicted molar refractivity (Wildman–Crippen MR) is 114 cm³/mol. The van der Waals surface area contributed by atoms with Gasteiger partial charge in [0, 0.05) is 19.1 Å². The molecular weight excluding hydrogens is 364 g/mol. The summed E-state index contributed by atoms with van der Waals surface area (Å²) in [6.07, 6.45) is 11.2. The number of hydrogen-bond acceptors (Lipinski definition) is 5. The smallest absolute Gasteiger partial charge is 0.0665 e. The molecule has 5 nitrogen and oxygen atoms in total. The van der Waals surface area contributed by atoms with Crippen LogP contribution in [0.25, 0.3) is 0 Å². The molecule has 0 aromatic heterocycles. The Balaban J connectivity index is 1.35. The third-order valence-corrected chi connectivity index (χ3v) is 8.94. The van der Waals surface area contributed by atoms with Gasteiger partial charge >= 0.3 is 0 Å². The van der Waals surface area contributed by atoms with Gasteiger partial charge in [-0.3, -0.25) is 4.90 Å². The van der Waals surface area contributed by atoms with Crippen molar-refractivity contribution in [2.24, 2.45) is 17.8 Å². The van der Waals surface area contributed by atoms with E-state index in [2.05, 4.69) is 24.1 Å². The van der Waals surface area contributed by atoms with Crippen LogP contribution in [0.2, 0.25) is 0 Å². The largest absolute Gasteiger partial charge is 0.378 e. The molecule has 2 saturated carbocycles. The number of fused-ring (bicyclic) bond motifs is 5. The van der Waals surface area contributed by atoms with Gasteiger partial charge in [0.1, 0.15) is 0 Å². The molecule has 0 radical (unpaired) electrons. The van der Waals surface area contributed by atoms with Gasteiger partial charge in [-0.05, 0) is 76.0 Å². The SMILES string of the molecule is CC1CCC2OCCN3[C@H](C)C[C@@]4(COCCN4)[C@@H]3COC3CCC(CC3)C2C1. The standard InChI is InChI=1S/C24H42N2O3/c1-17-3-8-22-21(13-17)19-4-6-20(7-5-19)29-15-23-24(16-27-11-9-25-24)14-18(2)26(23)10-12-28-22/h17-23,25H,3-16H2,1-2H3/t17?,18-,19?,20?,21?,22?,23+,24-/m1/s1. The minimum atomic E-state index is 0.0534. The molecule has 6 fully saturated rings. The quantitative estimate of drug-likeness (QED) is 0.669. The third-order valence-electron chi connectivity index (χ3n) is 8.94. The van der Waals surface area contributed by atoms with Gasteiger partial charge < -0.3 is 19.5 Å². The van der Waals surface area contributed by atoms with Crippen LogP contribution in [-0.4, -0.2) is 74.2 Å². The van der Waals surface area contributed by atoms with Crippen LogP contribution < -0.4 is 5.32 Å². The summed E-state index contributed by atoms with van der Waals surface area (Å²) in [6.45, 7) is 10.2. The first kappa shape index (κ1) is 20.7. The summed E-state index contributed by atoms with van der Waals surface area (Å²) in [5.41, 5.74) is 0.0534. The van der Waals surface area contributed by atoms with Crippen molar-refractivity contribution in [2.45, 2.75) is 95.0 Å². The molecule has 2 aliphatic carbocycles. The Morgan fingerprint density at radius 2 is 1.83 bits per heavy atom. The second-order valence-electron chi connectivity index (χ2n) is 10.8. The number of nitrogens with one attached hydrogen (secondary N) is 1. The first-order valence-electron chi connectivity index (χ1n) is 12.5. The zero-order valence-corrected chi connectivity index (χ0v) is 18.6. The van der Waals surface area contributed by atoms with Crippen molar-refractivity contribution in [3.8, 4) is 0 Å². The first-order chi connectivity index (χ1) is 14.1. The number of nitrogens with zero attached hydrogens (tertiary/aromatic N) is 1. The van der Waals surface area contributed by atoms with Crippen molar-refractivity contribution < 1.29 is 14.2 Å². The fourth-order valence-electron chi connectivity index (χ4n) is 7.38. The normalized spacial score (nSPS) is 49.7. The van der Waals surface area contributed by atoms with Crippen LogP contribution in [0.3, 0.4) is 0 Å². The van der Waals surface area contributed by atoms with E-state index in [4.69, 9.17) is 14.2 Å². The molecule has 3 unspecified atom stereocenters. The van der Waals surface area contributed by atoms with E-state index in [-0.39, 0.29) is 5.54 Å². The molecule has 0 amide bonds. The van der Waals surface area contributed by atoms with E-state index < -0.39 is 0 Å². The molecule has 4 heterocycles. The Morgan fingerprint density at radius 1 is 0.966 bits per heavy atom. The van der Waals surface area contributed by atoms with Crippen LogP contribution in [-0.2, 0) is 14.2 Å². The zero-order valence-electron chi connectivity index (χ0n) is 18.6. The van der Waals surface area contributed by atoms with Gasteiger partial charge in [-0.1, -0.05) is 6.92 Å². The Hall–Kier alpha value is -0.200. The van der Waals surface area contributed by atoms with Gasteiger partial charge in [0.15, 0.2) is 0 Å². The van der Waals surface area contributed by atoms with Gasteiger partial charge in [-0.15, -0.1) is 0 Å². The Kier molecular flexibility index (Phi) is 6.23. The highest BCUT2D eigenvalue weighted by Gasteiger charge is 2.52. The van der Waals surface area contributed by atoms with Crippen molar-refractivity contribution in [1.82, 2.24) is 10.2 Å². The van der Waals surface area contributed by atoms with Gasteiger partial charge in [0.05, 0.1) is 50.2 Å². The maximum atomic E-state index is 6.66. The van der Waals surface area contributed by atoms with Gasteiger partial charge in [0.2, 0.25) is 0 Å². The van der Waals surface area contributed by atoms with E-state index >= 15 is 0 Å². The van der Waals surface area contributed by atoms with Crippen molar-refractivity contribution in [3.63, 3.8) is 0 Å². The lowest BCUT2D eigenvalue weighted by atomic mass is 9.69. The molecule has 6 atom stereocenters. The summed E-state index contributed by atoms with van der Waals surface area (Å²) in [4.78, 5) is 2.67. The van der Waals surface area contributed by atoms with E-state index in [1.54, 1.807) is 0 Å².